The van der Waals surface area contributed by atoms with Gasteiger partial charge in [-0.25, -0.2) is 19.0 Å². The van der Waals surface area contributed by atoms with Crippen LogP contribution in [-0.4, -0.2) is 54.6 Å². The van der Waals surface area contributed by atoms with Gasteiger partial charge in [0.25, 0.3) is 0 Å². The minimum atomic E-state index is -0.431. The van der Waals surface area contributed by atoms with E-state index in [0.717, 1.165) is 49.0 Å². The number of hydrogen-bond donors (Lipinski definition) is 1. The number of benzene rings is 1. The molecule has 7 nitrogen and oxygen atoms in total. The lowest BCUT2D eigenvalue weighted by Crippen LogP contribution is -2.35. The number of nitrogens with zero attached hydrogens (tertiary/aromatic N) is 6. The van der Waals surface area contributed by atoms with Crippen LogP contribution in [0.15, 0.2) is 36.7 Å². The van der Waals surface area contributed by atoms with Crippen LogP contribution in [-0.2, 0) is 13.1 Å². The van der Waals surface area contributed by atoms with E-state index in [1.165, 1.54) is 6.33 Å². The Hall–Kier alpha value is -2.61. The van der Waals surface area contributed by atoms with E-state index in [0.29, 0.717) is 12.5 Å². The van der Waals surface area contributed by atoms with Crippen molar-refractivity contribution in [3.63, 3.8) is 0 Å². The highest BCUT2D eigenvalue weighted by Crippen LogP contribution is 2.26. The van der Waals surface area contributed by atoms with Gasteiger partial charge in [-0.15, -0.1) is 0 Å². The summed E-state index contributed by atoms with van der Waals surface area (Å²) in [5.41, 5.74) is 1.02. The maximum atomic E-state index is 12.6. The first kappa shape index (κ1) is 16.8. The summed E-state index contributed by atoms with van der Waals surface area (Å²) in [6.07, 6.45) is 3.66. The molecule has 1 atom stereocenters. The van der Waals surface area contributed by atoms with Gasteiger partial charge in [0.15, 0.2) is 5.82 Å². The standard InChI is InChI=1S/C18H22FN7/c19-8-10-26-16(20-13-21-26)12-25-9-4-7-15(11-25)18-22-17(23-24-18)14-5-2-1-3-6-14/h1-3,5-6,13,15H,4,7-12H2,(H,22,23,24). The molecular weight excluding hydrogens is 333 g/mol. The van der Waals surface area contributed by atoms with Crippen molar-refractivity contribution in [3.05, 3.63) is 48.3 Å². The fourth-order valence-electron chi connectivity index (χ4n) is 3.47. The number of H-pyrrole nitrogens is 1. The first-order valence-corrected chi connectivity index (χ1v) is 8.96. The number of aromatic nitrogens is 6. The van der Waals surface area contributed by atoms with Crippen molar-refractivity contribution in [1.82, 2.24) is 34.8 Å². The molecule has 1 aliphatic rings. The molecule has 8 heteroatoms. The molecule has 1 aliphatic heterocycles. The number of likely N-dealkylation sites (tertiary alicyclic amines) is 1. The Morgan fingerprint density at radius 3 is 2.96 bits per heavy atom. The minimum absolute atomic E-state index is 0.259. The molecule has 136 valence electrons. The van der Waals surface area contributed by atoms with Gasteiger partial charge < -0.3 is 0 Å². The maximum absolute atomic E-state index is 12.6. The van der Waals surface area contributed by atoms with E-state index in [1.807, 2.05) is 30.3 Å². The van der Waals surface area contributed by atoms with E-state index in [4.69, 9.17) is 4.98 Å². The summed E-state index contributed by atoms with van der Waals surface area (Å²) in [6.45, 7) is 2.38. The second-order valence-electron chi connectivity index (χ2n) is 6.57. The second-order valence-corrected chi connectivity index (χ2v) is 6.57. The Bertz CT molecular complexity index is 829. The van der Waals surface area contributed by atoms with Gasteiger partial charge in [-0.05, 0) is 19.4 Å². The molecule has 0 radical (unpaired) electrons. The highest BCUT2D eigenvalue weighted by atomic mass is 19.1. The van der Waals surface area contributed by atoms with Crippen molar-refractivity contribution in [2.75, 3.05) is 19.8 Å². The SMILES string of the molecule is FCCn1ncnc1CN1CCCC(c2nc(-c3ccccc3)n[nH]2)C1. The van der Waals surface area contributed by atoms with Crippen LogP contribution >= 0.6 is 0 Å². The zero-order valence-electron chi connectivity index (χ0n) is 14.6. The molecule has 1 saturated heterocycles. The largest absolute Gasteiger partial charge is 0.295 e. The van der Waals surface area contributed by atoms with Crippen LogP contribution < -0.4 is 0 Å². The average molecular weight is 355 g/mol. The molecule has 0 spiro atoms. The number of alkyl halides is 1. The molecule has 0 amide bonds. The fraction of sp³-hybridized carbons (Fsp3) is 0.444. The number of rotatable bonds is 6. The van der Waals surface area contributed by atoms with E-state index >= 15 is 0 Å². The predicted octanol–water partition coefficient (Wildman–Crippen LogP) is 2.41. The fourth-order valence-corrected chi connectivity index (χ4v) is 3.47. The lowest BCUT2D eigenvalue weighted by Gasteiger charge is -2.31. The second kappa shape index (κ2) is 7.74. The number of piperidine rings is 1. The third kappa shape index (κ3) is 3.65. The Balaban J connectivity index is 1.44. The molecule has 26 heavy (non-hydrogen) atoms. The molecule has 3 aromatic rings. The summed E-state index contributed by atoms with van der Waals surface area (Å²) < 4.78 is 14.3. The van der Waals surface area contributed by atoms with E-state index in [2.05, 4.69) is 25.2 Å². The average Bonchev–Trinajstić information content (AvgIpc) is 3.33. The first-order chi connectivity index (χ1) is 12.8. The minimum Gasteiger partial charge on any atom is -0.295 e. The van der Waals surface area contributed by atoms with E-state index < -0.39 is 6.67 Å². The van der Waals surface area contributed by atoms with Gasteiger partial charge in [-0.3, -0.25) is 10.00 Å². The molecule has 1 N–H and O–H groups in total. The molecule has 1 aromatic carbocycles. The lowest BCUT2D eigenvalue weighted by molar-refractivity contribution is 0.189. The Kier molecular flexibility index (Phi) is 5.01. The Labute approximate surface area is 151 Å². The third-order valence-corrected chi connectivity index (χ3v) is 4.78. The van der Waals surface area contributed by atoms with Gasteiger partial charge in [-0.1, -0.05) is 30.3 Å². The Morgan fingerprint density at radius 1 is 1.23 bits per heavy atom. The van der Waals surface area contributed by atoms with Crippen LogP contribution in [0.4, 0.5) is 4.39 Å². The van der Waals surface area contributed by atoms with Crippen LogP contribution in [0.5, 0.6) is 0 Å². The summed E-state index contributed by atoms with van der Waals surface area (Å²) in [5.74, 6) is 2.79. The van der Waals surface area contributed by atoms with Crippen molar-refractivity contribution in [1.29, 1.82) is 0 Å². The van der Waals surface area contributed by atoms with Gasteiger partial charge >= 0.3 is 0 Å². The van der Waals surface area contributed by atoms with Crippen LogP contribution in [0.3, 0.4) is 0 Å². The van der Waals surface area contributed by atoms with Crippen molar-refractivity contribution in [2.45, 2.75) is 31.8 Å². The van der Waals surface area contributed by atoms with Crippen LogP contribution in [0.25, 0.3) is 11.4 Å². The number of nitrogens with one attached hydrogen (secondary N) is 1. The number of halogens is 1. The highest BCUT2D eigenvalue weighted by Gasteiger charge is 2.25. The summed E-state index contributed by atoms with van der Waals surface area (Å²) in [5, 5.41) is 11.6. The van der Waals surface area contributed by atoms with Crippen molar-refractivity contribution < 1.29 is 4.39 Å². The summed E-state index contributed by atoms with van der Waals surface area (Å²) in [4.78, 5) is 11.3. The Morgan fingerprint density at radius 2 is 2.12 bits per heavy atom. The molecule has 4 rings (SSSR count). The van der Waals surface area contributed by atoms with Crippen molar-refractivity contribution in [2.24, 2.45) is 0 Å². The molecule has 0 aliphatic carbocycles. The molecule has 2 aromatic heterocycles. The topological polar surface area (TPSA) is 75.5 Å². The van der Waals surface area contributed by atoms with E-state index in [1.54, 1.807) is 4.68 Å². The summed E-state index contributed by atoms with van der Waals surface area (Å²) in [6, 6.07) is 9.98. The summed E-state index contributed by atoms with van der Waals surface area (Å²) in [7, 11) is 0. The first-order valence-electron chi connectivity index (χ1n) is 8.96. The van der Waals surface area contributed by atoms with Crippen LogP contribution in [0.1, 0.15) is 30.4 Å². The molecular formula is C18H22FN7. The third-order valence-electron chi connectivity index (χ3n) is 4.78. The lowest BCUT2D eigenvalue weighted by atomic mass is 9.97. The van der Waals surface area contributed by atoms with Gasteiger partial charge in [0.2, 0.25) is 0 Å². The number of aryl methyl sites for hydroxylation is 1. The quantitative estimate of drug-likeness (QED) is 0.735. The highest BCUT2D eigenvalue weighted by molar-refractivity contribution is 5.53. The number of aromatic amines is 1. The van der Waals surface area contributed by atoms with Gasteiger partial charge in [0, 0.05) is 18.0 Å². The predicted molar refractivity (Wildman–Crippen MR) is 95.1 cm³/mol. The molecule has 1 fully saturated rings. The molecule has 3 heterocycles. The monoisotopic (exact) mass is 355 g/mol. The molecule has 0 saturated carbocycles. The molecule has 1 unspecified atom stereocenters. The molecule has 0 bridgehead atoms. The normalized spacial score (nSPS) is 18.3. The maximum Gasteiger partial charge on any atom is 0.181 e. The zero-order chi connectivity index (χ0) is 17.8. The smallest absolute Gasteiger partial charge is 0.181 e. The van der Waals surface area contributed by atoms with E-state index in [9.17, 15) is 4.39 Å². The summed E-state index contributed by atoms with van der Waals surface area (Å²) >= 11 is 0. The van der Waals surface area contributed by atoms with Crippen molar-refractivity contribution >= 4 is 0 Å². The van der Waals surface area contributed by atoms with Gasteiger partial charge in [0.1, 0.15) is 24.7 Å². The van der Waals surface area contributed by atoms with E-state index in [-0.39, 0.29) is 6.54 Å². The van der Waals surface area contributed by atoms with Crippen molar-refractivity contribution in [3.8, 4) is 11.4 Å². The van der Waals surface area contributed by atoms with Gasteiger partial charge in [0.05, 0.1) is 13.1 Å². The number of hydrogen-bond acceptors (Lipinski definition) is 5. The van der Waals surface area contributed by atoms with Crippen LogP contribution in [0, 0.1) is 0 Å². The van der Waals surface area contributed by atoms with Crippen LogP contribution in [0.2, 0.25) is 0 Å². The van der Waals surface area contributed by atoms with Gasteiger partial charge in [-0.2, -0.15) is 10.2 Å². The zero-order valence-corrected chi connectivity index (χ0v) is 14.6.